The van der Waals surface area contributed by atoms with Crippen LogP contribution in [0.5, 0.6) is 0 Å². The van der Waals surface area contributed by atoms with Gasteiger partial charge in [0, 0.05) is 12.2 Å². The minimum atomic E-state index is -0.798. The molecule has 1 aliphatic rings. The van der Waals surface area contributed by atoms with Crippen LogP contribution in [0.2, 0.25) is 0 Å². The van der Waals surface area contributed by atoms with Gasteiger partial charge in [0.05, 0.1) is 5.56 Å². The lowest BCUT2D eigenvalue weighted by atomic mass is 9.89. The molecule has 1 amide bonds. The van der Waals surface area contributed by atoms with Crippen molar-refractivity contribution in [2.24, 2.45) is 5.92 Å². The van der Waals surface area contributed by atoms with Gasteiger partial charge in [-0.3, -0.25) is 4.79 Å². The zero-order chi connectivity index (χ0) is 15.9. The molecule has 0 aromatic heterocycles. The fraction of sp³-hybridized carbons (Fsp3) is 0.529. The highest BCUT2D eigenvalue weighted by Gasteiger charge is 2.20. The Labute approximate surface area is 131 Å². The Balaban J connectivity index is 1.77. The second kappa shape index (κ2) is 7.82. The predicted molar refractivity (Wildman–Crippen MR) is 85.3 cm³/mol. The van der Waals surface area contributed by atoms with Crippen molar-refractivity contribution in [3.05, 3.63) is 29.8 Å². The van der Waals surface area contributed by atoms with Crippen molar-refractivity contribution in [1.29, 1.82) is 0 Å². The Bertz CT molecular complexity index is 507. The SMILES string of the molecule is C[C@@H](OC(=O)c1ccc(N)cc1)C(=O)NCC1CCCCC1. The van der Waals surface area contributed by atoms with Gasteiger partial charge in [-0.25, -0.2) is 4.79 Å². The number of ether oxygens (including phenoxy) is 1. The lowest BCUT2D eigenvalue weighted by Gasteiger charge is -2.22. The second-order valence-electron chi connectivity index (χ2n) is 5.92. The Morgan fingerprint density at radius 1 is 1.23 bits per heavy atom. The molecule has 0 radical (unpaired) electrons. The van der Waals surface area contributed by atoms with Crippen LogP contribution >= 0.6 is 0 Å². The van der Waals surface area contributed by atoms with E-state index in [-0.39, 0.29) is 5.91 Å². The number of hydrogen-bond acceptors (Lipinski definition) is 4. The third kappa shape index (κ3) is 4.76. The first-order chi connectivity index (χ1) is 10.6. The summed E-state index contributed by atoms with van der Waals surface area (Å²) in [6, 6.07) is 6.43. The molecule has 0 aliphatic heterocycles. The number of rotatable bonds is 5. The molecule has 1 aromatic rings. The van der Waals surface area contributed by atoms with Gasteiger partial charge < -0.3 is 15.8 Å². The summed E-state index contributed by atoms with van der Waals surface area (Å²) in [5.74, 6) is -0.201. The van der Waals surface area contributed by atoms with E-state index in [0.717, 1.165) is 0 Å². The van der Waals surface area contributed by atoms with Crippen molar-refractivity contribution in [3.8, 4) is 0 Å². The van der Waals surface area contributed by atoms with Crippen LogP contribution in [0, 0.1) is 5.92 Å². The number of nitrogens with one attached hydrogen (secondary N) is 1. The van der Waals surface area contributed by atoms with E-state index in [1.807, 2.05) is 0 Å². The molecule has 1 aromatic carbocycles. The van der Waals surface area contributed by atoms with Crippen molar-refractivity contribution in [3.63, 3.8) is 0 Å². The van der Waals surface area contributed by atoms with Crippen LogP contribution in [0.1, 0.15) is 49.4 Å². The quantitative estimate of drug-likeness (QED) is 0.647. The van der Waals surface area contributed by atoms with Gasteiger partial charge in [0.25, 0.3) is 5.91 Å². The van der Waals surface area contributed by atoms with E-state index in [4.69, 9.17) is 10.5 Å². The maximum absolute atomic E-state index is 12.0. The van der Waals surface area contributed by atoms with Crippen LogP contribution in [-0.4, -0.2) is 24.5 Å². The molecular weight excluding hydrogens is 280 g/mol. The molecule has 22 heavy (non-hydrogen) atoms. The molecule has 0 unspecified atom stereocenters. The fourth-order valence-electron chi connectivity index (χ4n) is 2.68. The van der Waals surface area contributed by atoms with Gasteiger partial charge in [0.15, 0.2) is 6.10 Å². The maximum atomic E-state index is 12.0. The number of carbonyl (C=O) groups is 2. The van der Waals surface area contributed by atoms with E-state index in [1.165, 1.54) is 32.1 Å². The van der Waals surface area contributed by atoms with Crippen LogP contribution < -0.4 is 11.1 Å². The standard InChI is InChI=1S/C17H24N2O3/c1-12(16(20)19-11-13-5-3-2-4-6-13)22-17(21)14-7-9-15(18)10-8-14/h7-10,12-13H,2-6,11,18H2,1H3,(H,19,20)/t12-/m1/s1. The smallest absolute Gasteiger partial charge is 0.338 e. The summed E-state index contributed by atoms with van der Waals surface area (Å²) in [5.41, 5.74) is 6.54. The number of hydrogen-bond donors (Lipinski definition) is 2. The van der Waals surface area contributed by atoms with E-state index in [1.54, 1.807) is 31.2 Å². The molecule has 5 nitrogen and oxygen atoms in total. The molecule has 1 saturated carbocycles. The van der Waals surface area contributed by atoms with Gasteiger partial charge >= 0.3 is 5.97 Å². The number of amides is 1. The molecule has 1 fully saturated rings. The Hall–Kier alpha value is -2.04. The number of nitrogen functional groups attached to an aromatic ring is 1. The Morgan fingerprint density at radius 2 is 1.86 bits per heavy atom. The topological polar surface area (TPSA) is 81.4 Å². The molecule has 1 aliphatic carbocycles. The molecule has 120 valence electrons. The monoisotopic (exact) mass is 304 g/mol. The normalized spacial score (nSPS) is 16.8. The van der Waals surface area contributed by atoms with E-state index < -0.39 is 12.1 Å². The van der Waals surface area contributed by atoms with Gasteiger partial charge in [-0.2, -0.15) is 0 Å². The minimum absolute atomic E-state index is 0.241. The maximum Gasteiger partial charge on any atom is 0.338 e. The largest absolute Gasteiger partial charge is 0.449 e. The summed E-state index contributed by atoms with van der Waals surface area (Å²) in [7, 11) is 0. The average Bonchev–Trinajstić information content (AvgIpc) is 2.54. The first-order valence-electron chi connectivity index (χ1n) is 7.90. The summed E-state index contributed by atoms with van der Waals surface area (Å²) < 4.78 is 5.19. The summed E-state index contributed by atoms with van der Waals surface area (Å²) in [5, 5.41) is 2.88. The number of benzene rings is 1. The first kappa shape index (κ1) is 16.3. The van der Waals surface area contributed by atoms with E-state index in [2.05, 4.69) is 5.32 Å². The van der Waals surface area contributed by atoms with Crippen LogP contribution in [0.3, 0.4) is 0 Å². The van der Waals surface area contributed by atoms with Crippen molar-refractivity contribution >= 4 is 17.6 Å². The van der Waals surface area contributed by atoms with Crippen LogP contribution in [0.25, 0.3) is 0 Å². The van der Waals surface area contributed by atoms with Gasteiger partial charge in [0.2, 0.25) is 0 Å². The summed E-state index contributed by atoms with van der Waals surface area (Å²) in [4.78, 5) is 23.9. The predicted octanol–water partition coefficient (Wildman–Crippen LogP) is 2.51. The highest BCUT2D eigenvalue weighted by molar-refractivity contribution is 5.92. The number of nitrogens with two attached hydrogens (primary N) is 1. The van der Waals surface area contributed by atoms with E-state index >= 15 is 0 Å². The first-order valence-corrected chi connectivity index (χ1v) is 7.90. The molecule has 0 saturated heterocycles. The summed E-state index contributed by atoms with van der Waals surface area (Å²) in [6.45, 7) is 2.26. The van der Waals surface area contributed by atoms with Gasteiger partial charge in [-0.05, 0) is 49.9 Å². The molecule has 0 bridgehead atoms. The highest BCUT2D eigenvalue weighted by Crippen LogP contribution is 2.22. The molecule has 0 spiro atoms. The fourth-order valence-corrected chi connectivity index (χ4v) is 2.68. The highest BCUT2D eigenvalue weighted by atomic mass is 16.5. The number of carbonyl (C=O) groups excluding carboxylic acids is 2. The number of anilines is 1. The minimum Gasteiger partial charge on any atom is -0.449 e. The van der Waals surface area contributed by atoms with Crippen molar-refractivity contribution in [1.82, 2.24) is 5.32 Å². The molecule has 3 N–H and O–H groups in total. The number of esters is 1. The molecular formula is C17H24N2O3. The lowest BCUT2D eigenvalue weighted by Crippen LogP contribution is -2.38. The third-order valence-electron chi connectivity index (χ3n) is 4.09. The second-order valence-corrected chi connectivity index (χ2v) is 5.92. The Morgan fingerprint density at radius 3 is 2.50 bits per heavy atom. The molecule has 1 atom stereocenters. The van der Waals surface area contributed by atoms with E-state index in [9.17, 15) is 9.59 Å². The molecule has 2 rings (SSSR count). The van der Waals surface area contributed by atoms with Crippen LogP contribution in [-0.2, 0) is 9.53 Å². The van der Waals surface area contributed by atoms with Crippen LogP contribution in [0.4, 0.5) is 5.69 Å². The molecule has 0 heterocycles. The van der Waals surface area contributed by atoms with E-state index in [0.29, 0.717) is 23.7 Å². The van der Waals surface area contributed by atoms with Gasteiger partial charge in [0.1, 0.15) is 0 Å². The van der Waals surface area contributed by atoms with Crippen molar-refractivity contribution < 1.29 is 14.3 Å². The summed E-state index contributed by atoms with van der Waals surface area (Å²) in [6.07, 6.45) is 5.30. The van der Waals surface area contributed by atoms with Gasteiger partial charge in [-0.15, -0.1) is 0 Å². The zero-order valence-electron chi connectivity index (χ0n) is 13.0. The Kier molecular flexibility index (Phi) is 5.81. The van der Waals surface area contributed by atoms with Crippen LogP contribution in [0.15, 0.2) is 24.3 Å². The average molecular weight is 304 g/mol. The third-order valence-corrected chi connectivity index (χ3v) is 4.09. The molecule has 5 heteroatoms. The summed E-state index contributed by atoms with van der Waals surface area (Å²) >= 11 is 0. The lowest BCUT2D eigenvalue weighted by molar-refractivity contribution is -0.129. The van der Waals surface area contributed by atoms with Crippen molar-refractivity contribution in [2.75, 3.05) is 12.3 Å². The van der Waals surface area contributed by atoms with Crippen molar-refractivity contribution in [2.45, 2.75) is 45.1 Å². The van der Waals surface area contributed by atoms with Gasteiger partial charge in [-0.1, -0.05) is 19.3 Å². The zero-order valence-corrected chi connectivity index (χ0v) is 13.0.